The number of aromatic nitrogens is 1. The molecule has 0 spiro atoms. The van der Waals surface area contributed by atoms with E-state index in [4.69, 9.17) is 4.42 Å². The van der Waals surface area contributed by atoms with E-state index < -0.39 is 0 Å². The fourth-order valence-electron chi connectivity index (χ4n) is 3.26. The first kappa shape index (κ1) is 23.4. The van der Waals surface area contributed by atoms with Crippen molar-refractivity contribution in [2.75, 3.05) is 0 Å². The van der Waals surface area contributed by atoms with Gasteiger partial charge >= 0.3 is 5.63 Å². The van der Waals surface area contributed by atoms with Gasteiger partial charge in [0.15, 0.2) is 0 Å². The lowest BCUT2D eigenvalue weighted by Gasteiger charge is -2.08. The van der Waals surface area contributed by atoms with E-state index >= 15 is 0 Å². The molecule has 0 aliphatic carbocycles. The summed E-state index contributed by atoms with van der Waals surface area (Å²) in [5, 5.41) is 11.6. The van der Waals surface area contributed by atoms with E-state index in [-0.39, 0.29) is 5.63 Å². The third kappa shape index (κ3) is 5.51. The molecule has 0 bridgehead atoms. The van der Waals surface area contributed by atoms with Gasteiger partial charge in [-0.3, -0.25) is 0 Å². The topological polar surface area (TPSA) is 59.9 Å². The van der Waals surface area contributed by atoms with E-state index in [1.165, 1.54) is 11.3 Å². The number of rotatable bonds is 6. The summed E-state index contributed by atoms with van der Waals surface area (Å²) < 4.78 is 7.65. The molecule has 0 atom stereocenters. The first-order valence-corrected chi connectivity index (χ1v) is 11.9. The molecule has 5 nitrogen and oxygen atoms in total. The quantitative estimate of drug-likeness (QED) is 0.195. The Morgan fingerprint density at radius 3 is 2.62 bits per heavy atom. The molecule has 0 fully saturated rings. The Bertz CT molecular complexity index is 1310. The highest BCUT2D eigenvalue weighted by molar-refractivity contribution is 7.07. The van der Waals surface area contributed by atoms with Gasteiger partial charge in [-0.25, -0.2) is 4.79 Å². The maximum absolute atomic E-state index is 12.7. The molecule has 2 aromatic carbocycles. The van der Waals surface area contributed by atoms with Crippen molar-refractivity contribution in [1.29, 1.82) is 0 Å². The predicted octanol–water partition coefficient (Wildman–Crippen LogP) is 6.39. The van der Waals surface area contributed by atoms with E-state index in [0.717, 1.165) is 46.4 Å². The Morgan fingerprint density at radius 1 is 1.09 bits per heavy atom. The molecule has 0 saturated carbocycles. The van der Waals surface area contributed by atoms with Crippen molar-refractivity contribution in [3.63, 3.8) is 0 Å². The van der Waals surface area contributed by atoms with Gasteiger partial charge < -0.3 is 8.98 Å². The van der Waals surface area contributed by atoms with E-state index in [0.29, 0.717) is 11.1 Å². The molecule has 4 aromatic rings. The molecule has 0 amide bonds. The second-order valence-corrected chi connectivity index (χ2v) is 7.99. The molecular formula is C26H29N3O2S. The summed E-state index contributed by atoms with van der Waals surface area (Å²) in [4.78, 5) is 13.5. The Kier molecular flexibility index (Phi) is 8.34. The Labute approximate surface area is 192 Å². The molecular weight excluding hydrogens is 418 g/mol. The lowest BCUT2D eigenvalue weighted by atomic mass is 10.1. The second-order valence-electron chi connectivity index (χ2n) is 7.15. The molecule has 0 radical (unpaired) electrons. The fraction of sp³-hybridized carbons (Fsp3) is 0.269. The monoisotopic (exact) mass is 447 g/mol. The van der Waals surface area contributed by atoms with E-state index in [9.17, 15) is 4.79 Å². The number of unbranched alkanes of at least 4 members (excludes halogenated alkanes) is 1. The van der Waals surface area contributed by atoms with E-state index in [1.807, 2.05) is 80.7 Å². The zero-order chi connectivity index (χ0) is 22.9. The van der Waals surface area contributed by atoms with Crippen LogP contribution in [0.1, 0.15) is 44.7 Å². The summed E-state index contributed by atoms with van der Waals surface area (Å²) in [6.07, 6.45) is 3.76. The van der Waals surface area contributed by atoms with Crippen molar-refractivity contribution in [2.24, 2.45) is 10.2 Å². The van der Waals surface area contributed by atoms with Crippen molar-refractivity contribution < 1.29 is 4.42 Å². The summed E-state index contributed by atoms with van der Waals surface area (Å²) in [7, 11) is 0. The van der Waals surface area contributed by atoms with Gasteiger partial charge in [-0.1, -0.05) is 69.2 Å². The van der Waals surface area contributed by atoms with Crippen LogP contribution in [0.25, 0.3) is 22.2 Å². The standard InChI is InChI=1S/C24H23N3O2S.C2H6/c1-3-4-12-27-21(16-30-24(27)26-25-15-18-8-6-5-7-9-18)20-14-19-13-17(2)10-11-22(19)29-23(20)28;1-2/h5-11,13-16H,3-4,12H2,1-2H3;1-2H3/b25-15?,26-24+;. The molecule has 0 unspecified atom stereocenters. The molecule has 0 N–H and O–H groups in total. The highest BCUT2D eigenvalue weighted by atomic mass is 32.1. The smallest absolute Gasteiger partial charge is 0.345 e. The van der Waals surface area contributed by atoms with Crippen LogP contribution in [-0.4, -0.2) is 10.8 Å². The number of hydrogen-bond acceptors (Lipinski definition) is 5. The maximum Gasteiger partial charge on any atom is 0.345 e. The number of fused-ring (bicyclic) bond motifs is 1. The third-order valence-electron chi connectivity index (χ3n) is 4.85. The number of nitrogens with zero attached hydrogens (tertiary/aromatic N) is 3. The van der Waals surface area contributed by atoms with Crippen LogP contribution in [-0.2, 0) is 6.54 Å². The summed E-state index contributed by atoms with van der Waals surface area (Å²) in [6.45, 7) is 8.93. The number of aryl methyl sites for hydroxylation is 1. The molecule has 166 valence electrons. The van der Waals surface area contributed by atoms with Gasteiger partial charge in [-0.2, -0.15) is 5.10 Å². The van der Waals surface area contributed by atoms with Crippen molar-refractivity contribution in [3.8, 4) is 11.3 Å². The van der Waals surface area contributed by atoms with Crippen LogP contribution in [0.5, 0.6) is 0 Å². The molecule has 0 aliphatic rings. The van der Waals surface area contributed by atoms with Crippen molar-refractivity contribution in [2.45, 2.75) is 47.1 Å². The van der Waals surface area contributed by atoms with Crippen LogP contribution in [0, 0.1) is 6.92 Å². The predicted molar refractivity (Wildman–Crippen MR) is 134 cm³/mol. The van der Waals surface area contributed by atoms with Crippen LogP contribution in [0.2, 0.25) is 0 Å². The Morgan fingerprint density at radius 2 is 1.88 bits per heavy atom. The molecule has 32 heavy (non-hydrogen) atoms. The minimum Gasteiger partial charge on any atom is -0.422 e. The van der Waals surface area contributed by atoms with Crippen molar-refractivity contribution >= 4 is 28.5 Å². The largest absolute Gasteiger partial charge is 0.422 e. The molecule has 4 rings (SSSR count). The molecule has 0 saturated heterocycles. The van der Waals surface area contributed by atoms with Crippen LogP contribution >= 0.6 is 11.3 Å². The number of benzene rings is 2. The van der Waals surface area contributed by atoms with Gasteiger partial charge in [0.25, 0.3) is 0 Å². The highest BCUT2D eigenvalue weighted by Crippen LogP contribution is 2.23. The van der Waals surface area contributed by atoms with Crippen molar-refractivity contribution in [1.82, 2.24) is 4.57 Å². The first-order valence-electron chi connectivity index (χ1n) is 11.0. The third-order valence-corrected chi connectivity index (χ3v) is 5.70. The van der Waals surface area contributed by atoms with Crippen LogP contribution < -0.4 is 10.4 Å². The van der Waals surface area contributed by atoms with Gasteiger partial charge in [-0.05, 0) is 37.1 Å². The van der Waals surface area contributed by atoms with Gasteiger partial charge in [0.05, 0.1) is 17.5 Å². The number of thiazole rings is 1. The minimum atomic E-state index is -0.339. The Hall–Kier alpha value is -3.25. The average molecular weight is 448 g/mol. The SMILES string of the molecule is CC.CCCCn1c(-c2cc3cc(C)ccc3oc2=O)cs/c1=N/N=Cc1ccccc1. The minimum absolute atomic E-state index is 0.339. The van der Waals surface area contributed by atoms with Crippen LogP contribution in [0.4, 0.5) is 0 Å². The van der Waals surface area contributed by atoms with E-state index in [1.54, 1.807) is 6.21 Å². The van der Waals surface area contributed by atoms with Crippen LogP contribution in [0.15, 0.2) is 79.4 Å². The molecule has 0 aliphatic heterocycles. The summed E-state index contributed by atoms with van der Waals surface area (Å²) >= 11 is 1.48. The Balaban J connectivity index is 0.00000141. The van der Waals surface area contributed by atoms with E-state index in [2.05, 4.69) is 21.7 Å². The first-order chi connectivity index (χ1) is 15.7. The van der Waals surface area contributed by atoms with Crippen LogP contribution in [0.3, 0.4) is 0 Å². The van der Waals surface area contributed by atoms with Gasteiger partial charge in [0.1, 0.15) is 5.58 Å². The molecule has 2 heterocycles. The summed E-state index contributed by atoms with van der Waals surface area (Å²) in [5.74, 6) is 0. The zero-order valence-electron chi connectivity index (χ0n) is 19.0. The lowest BCUT2D eigenvalue weighted by Crippen LogP contribution is -2.17. The second kappa shape index (κ2) is 11.4. The zero-order valence-corrected chi connectivity index (χ0v) is 19.9. The normalized spacial score (nSPS) is 11.7. The van der Waals surface area contributed by atoms with Gasteiger partial charge in [-0.15, -0.1) is 16.4 Å². The van der Waals surface area contributed by atoms with Gasteiger partial charge in [0, 0.05) is 17.3 Å². The lowest BCUT2D eigenvalue weighted by molar-refractivity contribution is 0.560. The average Bonchev–Trinajstić information content (AvgIpc) is 3.22. The molecule has 6 heteroatoms. The van der Waals surface area contributed by atoms with Crippen molar-refractivity contribution in [3.05, 3.63) is 86.3 Å². The summed E-state index contributed by atoms with van der Waals surface area (Å²) in [5.41, 5.74) is 3.74. The number of hydrogen-bond donors (Lipinski definition) is 0. The highest BCUT2D eigenvalue weighted by Gasteiger charge is 2.14. The maximum atomic E-state index is 12.7. The molecule has 2 aromatic heterocycles. The summed E-state index contributed by atoms with van der Waals surface area (Å²) in [6, 6.07) is 17.6. The fourth-order valence-corrected chi connectivity index (χ4v) is 4.15. The van der Waals surface area contributed by atoms with Gasteiger partial charge in [0.2, 0.25) is 4.80 Å².